The van der Waals surface area contributed by atoms with Gasteiger partial charge in [-0.25, -0.2) is 39.5 Å². The van der Waals surface area contributed by atoms with Gasteiger partial charge in [0.25, 0.3) is 0 Å². The fourth-order valence-electron chi connectivity index (χ4n) is 5.73. The van der Waals surface area contributed by atoms with Gasteiger partial charge in [-0.2, -0.15) is 0 Å². The predicted molar refractivity (Wildman–Crippen MR) is 215 cm³/mol. The van der Waals surface area contributed by atoms with E-state index in [0.717, 1.165) is 27.4 Å². The van der Waals surface area contributed by atoms with E-state index in [1.807, 2.05) is 0 Å². The minimum atomic E-state index is -4.11. The summed E-state index contributed by atoms with van der Waals surface area (Å²) in [4.78, 5) is -0.0998. The van der Waals surface area contributed by atoms with E-state index in [1.54, 1.807) is 103 Å². The number of nitrogens with one attached hydrogen (secondary N) is 1. The van der Waals surface area contributed by atoms with E-state index in [1.165, 1.54) is 66.7 Å². The maximum absolute atomic E-state index is 13.9. The van der Waals surface area contributed by atoms with Crippen LogP contribution in [0.1, 0.15) is 33.4 Å². The molecule has 6 aromatic rings. The molecule has 0 aliphatic carbocycles. The van der Waals surface area contributed by atoms with Crippen molar-refractivity contribution < 1.29 is 34.0 Å². The summed E-state index contributed by atoms with van der Waals surface area (Å²) in [5, 5.41) is 0. The lowest BCUT2D eigenvalue weighted by Gasteiger charge is -2.23. The van der Waals surface area contributed by atoms with Crippen LogP contribution in [0, 0.1) is 11.6 Å². The monoisotopic (exact) mass is 810 g/mol. The van der Waals surface area contributed by atoms with Crippen LogP contribution in [-0.2, 0) is 42.8 Å². The van der Waals surface area contributed by atoms with Crippen molar-refractivity contribution in [2.45, 2.75) is 32.7 Å². The maximum atomic E-state index is 13.9. The van der Waals surface area contributed by atoms with Crippen molar-refractivity contribution in [2.75, 3.05) is 6.26 Å². The summed E-state index contributed by atoms with van der Waals surface area (Å²) in [5.74, 6) is -0.695. The number of hydrogen-bond acceptors (Lipinski definition) is 7. The Bertz CT molecular complexity index is 2720. The summed E-state index contributed by atoms with van der Waals surface area (Å²) >= 11 is 0. The Morgan fingerprint density at radius 1 is 0.482 bits per heavy atom. The minimum Gasteiger partial charge on any atom is -0.237 e. The third kappa shape index (κ3) is 9.80. The van der Waals surface area contributed by atoms with E-state index < -0.39 is 29.7 Å². The molecule has 0 spiro atoms. The summed E-state index contributed by atoms with van der Waals surface area (Å²) in [7, 11) is -12.2. The van der Waals surface area contributed by atoms with Gasteiger partial charge in [0.2, 0.25) is 29.7 Å². The van der Waals surface area contributed by atoms with Gasteiger partial charge in [0.15, 0.2) is 0 Å². The molecule has 0 aliphatic heterocycles. The van der Waals surface area contributed by atoms with Gasteiger partial charge >= 0.3 is 0 Å². The lowest BCUT2D eigenvalue weighted by Crippen LogP contribution is -2.41. The quantitative estimate of drug-likeness (QED) is 0.0867. The molecule has 0 aromatic heterocycles. The lowest BCUT2D eigenvalue weighted by molar-refractivity contribution is 0.304. The van der Waals surface area contributed by atoms with Crippen molar-refractivity contribution in [1.29, 1.82) is 0 Å². The first-order valence-corrected chi connectivity index (χ1v) is 22.0. The average molecular weight is 811 g/mol. The number of rotatable bonds is 14. The molecule has 0 fully saturated rings. The molecule has 0 radical (unpaired) electrons. The Morgan fingerprint density at radius 3 is 1.21 bits per heavy atom. The first kappa shape index (κ1) is 40.1. The number of sulfonamides is 1. The van der Waals surface area contributed by atoms with Crippen LogP contribution in [0.25, 0.3) is 24.3 Å². The third-order valence-electron chi connectivity index (χ3n) is 8.74. The topological polar surface area (TPSA) is 118 Å². The van der Waals surface area contributed by atoms with Crippen molar-refractivity contribution in [2.24, 2.45) is 0 Å². The highest BCUT2D eigenvalue weighted by Gasteiger charge is 2.26. The lowest BCUT2D eigenvalue weighted by atomic mass is 10.1. The van der Waals surface area contributed by atoms with Gasteiger partial charge in [0.05, 0.1) is 32.4 Å². The number of hydrogen-bond donors (Lipinski definition) is 1. The zero-order valence-electron chi connectivity index (χ0n) is 30.0. The molecule has 286 valence electrons. The summed E-state index contributed by atoms with van der Waals surface area (Å²) < 4.78 is 109. The summed E-state index contributed by atoms with van der Waals surface area (Å²) in [6.07, 6.45) is 8.06. The maximum Gasteiger partial charge on any atom is 0.224 e. The smallest absolute Gasteiger partial charge is 0.224 e. The van der Waals surface area contributed by atoms with Crippen molar-refractivity contribution >= 4 is 54.0 Å². The number of hydrazine groups is 1. The Kier molecular flexibility index (Phi) is 12.2. The molecule has 0 amide bonds. The molecule has 0 saturated heterocycles. The molecule has 0 saturated carbocycles. The van der Waals surface area contributed by atoms with Crippen LogP contribution in [0.3, 0.4) is 0 Å². The first-order chi connectivity index (χ1) is 26.7. The molecule has 13 heteroatoms. The van der Waals surface area contributed by atoms with Crippen LogP contribution in [0.2, 0.25) is 0 Å². The molecule has 0 aliphatic rings. The highest BCUT2D eigenvalue weighted by Crippen LogP contribution is 2.28. The molecule has 0 atom stereocenters. The van der Waals surface area contributed by atoms with Crippen LogP contribution < -0.4 is 5.43 Å². The van der Waals surface area contributed by atoms with Gasteiger partial charge in [-0.05, 0) is 94.0 Å². The molecular formula is C43H36F2N2O6S3. The molecule has 0 unspecified atom stereocenters. The summed E-state index contributed by atoms with van der Waals surface area (Å²) in [6.45, 7) is -0.600. The van der Waals surface area contributed by atoms with E-state index in [9.17, 15) is 34.0 Å². The Labute approximate surface area is 326 Å². The molecular weight excluding hydrogens is 775 g/mol. The normalized spacial score (nSPS) is 12.5. The van der Waals surface area contributed by atoms with Crippen LogP contribution in [-0.4, -0.2) is 35.9 Å². The SMILES string of the molecule is CS(=O)(=O)N(Cc1ccccc1S(=O)(=O)c1ccc(C=Cc2ccc(F)cc2)cc1)NCc1ccccc1S(=O)(=O)c1ccc(C=Cc2ccc(F)cc2)cc1. The molecule has 0 heterocycles. The van der Waals surface area contributed by atoms with Gasteiger partial charge in [-0.3, -0.25) is 0 Å². The fourth-order valence-corrected chi connectivity index (χ4v) is 9.38. The average Bonchev–Trinajstić information content (AvgIpc) is 3.19. The van der Waals surface area contributed by atoms with Crippen molar-refractivity contribution in [3.8, 4) is 0 Å². The second-order valence-corrected chi connectivity index (χ2v) is 18.5. The zero-order valence-corrected chi connectivity index (χ0v) is 32.4. The molecule has 6 rings (SSSR count). The number of benzene rings is 6. The van der Waals surface area contributed by atoms with E-state index in [4.69, 9.17) is 0 Å². The predicted octanol–water partition coefficient (Wildman–Crippen LogP) is 8.44. The number of sulfone groups is 2. The molecule has 56 heavy (non-hydrogen) atoms. The van der Waals surface area contributed by atoms with Gasteiger partial charge < -0.3 is 0 Å². The van der Waals surface area contributed by atoms with Gasteiger partial charge in [-0.15, -0.1) is 4.41 Å². The van der Waals surface area contributed by atoms with Gasteiger partial charge in [-0.1, -0.05) is 109 Å². The van der Waals surface area contributed by atoms with E-state index in [-0.39, 0.29) is 55.4 Å². The minimum absolute atomic E-state index is 0.00110. The van der Waals surface area contributed by atoms with Gasteiger partial charge in [0, 0.05) is 6.54 Å². The molecule has 6 aromatic carbocycles. The van der Waals surface area contributed by atoms with Crippen LogP contribution in [0.4, 0.5) is 8.78 Å². The summed E-state index contributed by atoms with van der Waals surface area (Å²) in [5.41, 5.74) is 6.28. The van der Waals surface area contributed by atoms with Crippen molar-refractivity contribution in [3.63, 3.8) is 0 Å². The van der Waals surface area contributed by atoms with Crippen molar-refractivity contribution in [1.82, 2.24) is 9.84 Å². The van der Waals surface area contributed by atoms with Crippen molar-refractivity contribution in [3.05, 3.63) is 191 Å². The van der Waals surface area contributed by atoms with E-state index in [2.05, 4.69) is 5.43 Å². The highest BCUT2D eigenvalue weighted by atomic mass is 32.2. The molecule has 8 nitrogen and oxygen atoms in total. The van der Waals surface area contributed by atoms with Gasteiger partial charge in [0.1, 0.15) is 11.6 Å². The number of halogens is 2. The first-order valence-electron chi connectivity index (χ1n) is 17.1. The Hall–Kier alpha value is -5.57. The van der Waals surface area contributed by atoms with Crippen LogP contribution >= 0.6 is 0 Å². The molecule has 0 bridgehead atoms. The van der Waals surface area contributed by atoms with E-state index in [0.29, 0.717) is 5.56 Å². The third-order valence-corrected chi connectivity index (χ3v) is 13.5. The summed E-state index contributed by atoms with van der Waals surface area (Å²) in [6, 6.07) is 36.6. The number of nitrogens with zero attached hydrogens (tertiary/aromatic N) is 1. The largest absolute Gasteiger partial charge is 0.237 e. The van der Waals surface area contributed by atoms with Crippen LogP contribution in [0.15, 0.2) is 165 Å². The molecule has 1 N–H and O–H groups in total. The Balaban J connectivity index is 1.19. The van der Waals surface area contributed by atoms with Crippen LogP contribution in [0.5, 0.6) is 0 Å². The standard InChI is InChI=1S/C43H36F2N2O6S3/c1-54(48,49)47(31-37-7-3-5-9-43(37)56(52,53)41-28-20-35(21-29-41)13-11-33-16-24-39(45)25-17-33)46-30-36-6-2-4-8-42(36)55(50,51)40-26-18-34(19-27-40)12-10-32-14-22-38(44)23-15-32/h2-29,46H,30-31H2,1H3. The zero-order chi connectivity index (χ0) is 39.9. The fraction of sp³-hybridized carbons (Fsp3) is 0.0698. The highest BCUT2D eigenvalue weighted by molar-refractivity contribution is 7.92. The Morgan fingerprint density at radius 2 is 0.821 bits per heavy atom. The second kappa shape index (κ2) is 17.1. The van der Waals surface area contributed by atoms with E-state index >= 15 is 0 Å². The second-order valence-electron chi connectivity index (χ2n) is 12.7.